The maximum absolute atomic E-state index is 12.7. The van der Waals surface area contributed by atoms with Crippen LogP contribution in [0.2, 0.25) is 0 Å². The van der Waals surface area contributed by atoms with E-state index in [9.17, 15) is 29.1 Å². The van der Waals surface area contributed by atoms with E-state index < -0.39 is 35.2 Å². The number of benzene rings is 1. The van der Waals surface area contributed by atoms with Crippen molar-refractivity contribution in [3.63, 3.8) is 0 Å². The molecule has 12 heteroatoms. The molecule has 4 rings (SSSR count). The van der Waals surface area contributed by atoms with Gasteiger partial charge in [-0.25, -0.2) is 19.3 Å². The van der Waals surface area contributed by atoms with Crippen LogP contribution in [0.4, 0.5) is 15.3 Å². The highest BCUT2D eigenvalue weighted by atomic mass is 32.2. The first-order valence-electron chi connectivity index (χ1n) is 10.8. The maximum Gasteiger partial charge on any atom is 0.352 e. The number of carbonyl (C=O) groups excluding carboxylic acids is 4. The number of carboxylic acid groups (broad SMARTS) is 1. The monoisotopic (exact) mass is 487 g/mol. The summed E-state index contributed by atoms with van der Waals surface area (Å²) in [7, 11) is 0. The van der Waals surface area contributed by atoms with E-state index in [-0.39, 0.29) is 24.7 Å². The zero-order valence-corrected chi connectivity index (χ0v) is 19.6. The summed E-state index contributed by atoms with van der Waals surface area (Å²) < 4.78 is 0. The van der Waals surface area contributed by atoms with Crippen LogP contribution >= 0.6 is 11.8 Å². The number of hydrogen-bond acceptors (Lipinski definition) is 6. The molecule has 3 N–H and O–H groups in total. The molecule has 0 saturated carbocycles. The van der Waals surface area contributed by atoms with Gasteiger partial charge in [-0.2, -0.15) is 0 Å². The van der Waals surface area contributed by atoms with E-state index in [0.717, 1.165) is 4.90 Å². The number of nitrogens with zero attached hydrogens (tertiary/aromatic N) is 3. The lowest BCUT2D eigenvalue weighted by Crippen LogP contribution is -2.70. The summed E-state index contributed by atoms with van der Waals surface area (Å²) in [5.41, 5.74) is 1.50. The number of β-lactam (4-membered cyclic amide) rings is 1. The van der Waals surface area contributed by atoms with Gasteiger partial charge in [-0.3, -0.25) is 14.5 Å². The first-order valence-corrected chi connectivity index (χ1v) is 11.9. The number of carbonyl (C=O) groups is 5. The lowest BCUT2D eigenvalue weighted by molar-refractivity contribution is -0.150. The number of amides is 6. The minimum absolute atomic E-state index is 0.0228. The minimum Gasteiger partial charge on any atom is -0.477 e. The minimum atomic E-state index is -1.16. The highest BCUT2D eigenvalue weighted by Crippen LogP contribution is 2.40. The summed E-state index contributed by atoms with van der Waals surface area (Å²) in [6.07, 6.45) is -0.104. The Labute approximate surface area is 200 Å². The molecule has 2 atom stereocenters. The summed E-state index contributed by atoms with van der Waals surface area (Å²) in [6.45, 7) is 4.78. The summed E-state index contributed by atoms with van der Waals surface area (Å²) >= 11 is 1.40. The van der Waals surface area contributed by atoms with Gasteiger partial charge in [0.15, 0.2) is 0 Å². The summed E-state index contributed by atoms with van der Waals surface area (Å²) in [6, 6.07) is 4.99. The zero-order chi connectivity index (χ0) is 24.6. The number of imide groups is 1. The first kappa shape index (κ1) is 23.6. The fourth-order valence-electron chi connectivity index (χ4n) is 4.22. The van der Waals surface area contributed by atoms with Crippen LogP contribution < -0.4 is 10.6 Å². The first-order chi connectivity index (χ1) is 16.2. The van der Waals surface area contributed by atoms with Gasteiger partial charge >= 0.3 is 18.0 Å². The van der Waals surface area contributed by atoms with Gasteiger partial charge in [0.1, 0.15) is 17.1 Å². The number of carboxylic acids is 1. The van der Waals surface area contributed by atoms with E-state index in [0.29, 0.717) is 35.7 Å². The quantitative estimate of drug-likeness (QED) is 0.514. The van der Waals surface area contributed by atoms with Crippen molar-refractivity contribution in [2.24, 2.45) is 0 Å². The van der Waals surface area contributed by atoms with E-state index in [1.54, 1.807) is 36.1 Å². The second-order valence-electron chi connectivity index (χ2n) is 8.17. The standard InChI is InChI=1S/C22H25N5O6S/c1-3-25-8-9-26(22(25)33)21(32)23-14-7-5-4-6-13(14)10-15(28)24-16-18(29)27-17(20(30)31)12(2)11-34-19(16)27/h4-7,16,19H,3,8-11H2,1-2H3,(H,23,32)(H,24,28)(H,30,31)/t16?,19-/m1/s1. The van der Waals surface area contributed by atoms with Gasteiger partial charge < -0.3 is 20.6 Å². The molecule has 0 aromatic heterocycles. The zero-order valence-electron chi connectivity index (χ0n) is 18.7. The maximum atomic E-state index is 12.7. The van der Waals surface area contributed by atoms with Crippen LogP contribution in [-0.4, -0.2) is 86.5 Å². The number of nitrogens with one attached hydrogen (secondary N) is 2. The molecule has 3 heterocycles. The van der Waals surface area contributed by atoms with Gasteiger partial charge in [0.05, 0.1) is 6.42 Å². The molecule has 0 spiro atoms. The second-order valence-corrected chi connectivity index (χ2v) is 9.27. The van der Waals surface area contributed by atoms with Gasteiger partial charge in [-0.15, -0.1) is 11.8 Å². The van der Waals surface area contributed by atoms with Crippen molar-refractivity contribution in [3.05, 3.63) is 41.1 Å². The van der Waals surface area contributed by atoms with Gasteiger partial charge in [0.25, 0.3) is 5.91 Å². The van der Waals surface area contributed by atoms with Crippen LogP contribution in [0.5, 0.6) is 0 Å². The molecule has 1 aromatic rings. The number of anilines is 1. The van der Waals surface area contributed by atoms with Gasteiger partial charge in [0, 0.05) is 31.1 Å². The molecule has 1 aromatic carbocycles. The van der Waals surface area contributed by atoms with E-state index in [2.05, 4.69) is 10.6 Å². The average molecular weight is 488 g/mol. The topological polar surface area (TPSA) is 139 Å². The van der Waals surface area contributed by atoms with Gasteiger partial charge in [0.2, 0.25) is 5.91 Å². The Morgan fingerprint density at radius 3 is 2.59 bits per heavy atom. The second kappa shape index (κ2) is 9.37. The van der Waals surface area contributed by atoms with Crippen LogP contribution in [0.1, 0.15) is 19.4 Å². The molecular formula is C22H25N5O6S. The van der Waals surface area contributed by atoms with Crippen molar-refractivity contribution < 1.29 is 29.1 Å². The van der Waals surface area contributed by atoms with Crippen molar-refractivity contribution in [2.75, 3.05) is 30.7 Å². The fraction of sp³-hybridized carbons (Fsp3) is 0.409. The Morgan fingerprint density at radius 1 is 1.18 bits per heavy atom. The van der Waals surface area contributed by atoms with E-state index >= 15 is 0 Å². The number of likely N-dealkylation sites (N-methyl/N-ethyl adjacent to an activating group) is 1. The Hall–Kier alpha value is -3.54. The summed E-state index contributed by atoms with van der Waals surface area (Å²) in [5.74, 6) is -1.60. The SMILES string of the molecule is CCN1CCN(C(=O)Nc2ccccc2CC(=O)NC2C(=O)N3C(C(=O)O)=C(C)CS[C@H]23)C1=O. The molecule has 11 nitrogen and oxygen atoms in total. The number of hydrogen-bond donors (Lipinski definition) is 3. The van der Waals surface area contributed by atoms with Crippen molar-refractivity contribution >= 4 is 47.3 Å². The van der Waals surface area contributed by atoms with Crippen molar-refractivity contribution in [1.29, 1.82) is 0 Å². The molecule has 0 bridgehead atoms. The molecule has 3 aliphatic heterocycles. The Kier molecular flexibility index (Phi) is 6.51. The molecule has 0 radical (unpaired) electrons. The van der Waals surface area contributed by atoms with Crippen LogP contribution in [0.3, 0.4) is 0 Å². The third-order valence-corrected chi connectivity index (χ3v) is 7.43. The molecule has 3 aliphatic rings. The Morgan fingerprint density at radius 2 is 1.91 bits per heavy atom. The normalized spacial score (nSPS) is 21.9. The Bertz CT molecular complexity index is 1110. The third kappa shape index (κ3) is 4.20. The lowest BCUT2D eigenvalue weighted by Gasteiger charge is -2.49. The van der Waals surface area contributed by atoms with Crippen molar-refractivity contribution in [1.82, 2.24) is 20.0 Å². The van der Waals surface area contributed by atoms with Crippen LogP contribution in [0, 0.1) is 0 Å². The van der Waals surface area contributed by atoms with E-state index in [1.807, 2.05) is 6.92 Å². The van der Waals surface area contributed by atoms with Crippen LogP contribution in [0.15, 0.2) is 35.5 Å². The number of urea groups is 2. The van der Waals surface area contributed by atoms with Crippen molar-refractivity contribution in [3.8, 4) is 0 Å². The highest BCUT2D eigenvalue weighted by Gasteiger charge is 2.53. The number of thioether (sulfide) groups is 1. The predicted octanol–water partition coefficient (Wildman–Crippen LogP) is 1.28. The largest absolute Gasteiger partial charge is 0.477 e. The molecular weight excluding hydrogens is 462 g/mol. The molecule has 34 heavy (non-hydrogen) atoms. The number of fused-ring (bicyclic) bond motifs is 1. The molecule has 1 unspecified atom stereocenters. The van der Waals surface area contributed by atoms with Gasteiger partial charge in [-0.05, 0) is 31.1 Å². The molecule has 6 amide bonds. The predicted molar refractivity (Wildman–Crippen MR) is 124 cm³/mol. The smallest absolute Gasteiger partial charge is 0.352 e. The highest BCUT2D eigenvalue weighted by molar-refractivity contribution is 8.00. The summed E-state index contributed by atoms with van der Waals surface area (Å²) in [5, 5.41) is 14.4. The van der Waals surface area contributed by atoms with Crippen LogP contribution in [0.25, 0.3) is 0 Å². The number of para-hydroxylation sites is 1. The molecule has 2 fully saturated rings. The van der Waals surface area contributed by atoms with Gasteiger partial charge in [-0.1, -0.05) is 18.2 Å². The molecule has 0 aliphatic carbocycles. The molecule has 2 saturated heterocycles. The number of aliphatic carboxylic acids is 1. The Balaban J connectivity index is 1.40. The molecule has 180 valence electrons. The average Bonchev–Trinajstić information content (AvgIpc) is 3.18. The van der Waals surface area contributed by atoms with Crippen LogP contribution in [-0.2, 0) is 20.8 Å². The lowest BCUT2D eigenvalue weighted by atomic mass is 10.0. The fourth-order valence-corrected chi connectivity index (χ4v) is 5.51. The summed E-state index contributed by atoms with van der Waals surface area (Å²) in [4.78, 5) is 65.7. The number of rotatable bonds is 6. The third-order valence-electron chi connectivity index (χ3n) is 6.01. The van der Waals surface area contributed by atoms with E-state index in [4.69, 9.17) is 0 Å². The van der Waals surface area contributed by atoms with E-state index in [1.165, 1.54) is 16.7 Å². The van der Waals surface area contributed by atoms with Crippen molar-refractivity contribution in [2.45, 2.75) is 31.7 Å².